The molecule has 0 unspecified atom stereocenters. The number of rotatable bonds is 4. The van der Waals surface area contributed by atoms with Crippen LogP contribution >= 0.6 is 0 Å². The van der Waals surface area contributed by atoms with Gasteiger partial charge >= 0.3 is 0 Å². The normalized spacial score (nSPS) is 17.7. The first-order valence-corrected chi connectivity index (χ1v) is 9.75. The number of piperazine rings is 1. The van der Waals surface area contributed by atoms with Crippen LogP contribution in [0.1, 0.15) is 31.3 Å². The third-order valence-corrected chi connectivity index (χ3v) is 5.32. The van der Waals surface area contributed by atoms with Crippen molar-refractivity contribution in [3.05, 3.63) is 29.7 Å². The molecule has 4 rings (SSSR count). The topological polar surface area (TPSA) is 61.3 Å². The number of nitrogens with zero attached hydrogens (tertiary/aromatic N) is 7. The summed E-state index contributed by atoms with van der Waals surface area (Å²) in [6.07, 6.45) is 4.48. The summed E-state index contributed by atoms with van der Waals surface area (Å²) in [6.45, 7) is 8.96. The van der Waals surface area contributed by atoms with Crippen LogP contribution in [-0.4, -0.2) is 59.2 Å². The molecule has 0 amide bonds. The highest BCUT2D eigenvalue weighted by atomic mass is 19.1. The smallest absolute Gasteiger partial charge is 0.187 e. The molecule has 0 bridgehead atoms. The van der Waals surface area contributed by atoms with E-state index in [4.69, 9.17) is 0 Å². The molecular formula is C19H26FN7. The Morgan fingerprint density at radius 2 is 1.48 bits per heavy atom. The Kier molecular flexibility index (Phi) is 5.05. The van der Waals surface area contributed by atoms with Gasteiger partial charge in [0.1, 0.15) is 23.8 Å². The Hall–Kier alpha value is -2.51. The summed E-state index contributed by atoms with van der Waals surface area (Å²) in [5, 5.41) is 0. The van der Waals surface area contributed by atoms with Crippen molar-refractivity contribution in [1.82, 2.24) is 19.9 Å². The van der Waals surface area contributed by atoms with Gasteiger partial charge in [0.05, 0.1) is 5.69 Å². The van der Waals surface area contributed by atoms with Gasteiger partial charge in [-0.1, -0.05) is 6.92 Å². The minimum Gasteiger partial charge on any atom is -0.356 e. The molecule has 4 heterocycles. The molecule has 8 heteroatoms. The van der Waals surface area contributed by atoms with Gasteiger partial charge in [-0.15, -0.1) is 0 Å². The van der Waals surface area contributed by atoms with E-state index >= 15 is 0 Å². The zero-order valence-electron chi connectivity index (χ0n) is 16.0. The molecule has 2 aliphatic rings. The minimum atomic E-state index is -0.289. The third-order valence-electron chi connectivity index (χ3n) is 5.32. The predicted molar refractivity (Wildman–Crippen MR) is 104 cm³/mol. The van der Waals surface area contributed by atoms with Crippen molar-refractivity contribution in [2.45, 2.75) is 33.1 Å². The van der Waals surface area contributed by atoms with E-state index in [0.717, 1.165) is 43.6 Å². The average molecular weight is 371 g/mol. The molecule has 144 valence electrons. The molecule has 0 radical (unpaired) electrons. The average Bonchev–Trinajstić information content (AvgIpc) is 3.23. The van der Waals surface area contributed by atoms with Gasteiger partial charge in [-0.3, -0.25) is 0 Å². The Morgan fingerprint density at radius 1 is 0.889 bits per heavy atom. The van der Waals surface area contributed by atoms with Crippen molar-refractivity contribution in [2.24, 2.45) is 0 Å². The molecular weight excluding hydrogens is 345 g/mol. The van der Waals surface area contributed by atoms with E-state index in [0.29, 0.717) is 31.0 Å². The maximum Gasteiger partial charge on any atom is 0.187 e. The number of hydrogen-bond acceptors (Lipinski definition) is 7. The second-order valence-corrected chi connectivity index (χ2v) is 7.11. The summed E-state index contributed by atoms with van der Waals surface area (Å²) in [4.78, 5) is 24.0. The monoisotopic (exact) mass is 371 g/mol. The van der Waals surface area contributed by atoms with Gasteiger partial charge in [0.25, 0.3) is 0 Å². The van der Waals surface area contributed by atoms with E-state index in [1.165, 1.54) is 19.2 Å². The standard InChI is InChI=1S/C19H26FN7/c1-3-15-18(20)19(22-13-21-15)27-10-8-26(9-11-27)17-12-16(23-14(2)24-17)25-6-4-5-7-25/h12-13H,3-11H2,1-2H3. The van der Waals surface area contributed by atoms with Crippen LogP contribution in [0.5, 0.6) is 0 Å². The van der Waals surface area contributed by atoms with Gasteiger partial charge in [-0.05, 0) is 26.2 Å². The van der Waals surface area contributed by atoms with Gasteiger partial charge in [-0.2, -0.15) is 0 Å². The van der Waals surface area contributed by atoms with E-state index in [1.54, 1.807) is 0 Å². The van der Waals surface area contributed by atoms with E-state index in [9.17, 15) is 4.39 Å². The third kappa shape index (κ3) is 3.65. The van der Waals surface area contributed by atoms with E-state index in [2.05, 4.69) is 35.8 Å². The summed E-state index contributed by atoms with van der Waals surface area (Å²) in [7, 11) is 0. The number of hydrogen-bond donors (Lipinski definition) is 0. The van der Waals surface area contributed by atoms with Crippen LogP contribution in [0.2, 0.25) is 0 Å². The summed E-state index contributed by atoms with van der Waals surface area (Å²) >= 11 is 0. The lowest BCUT2D eigenvalue weighted by atomic mass is 10.2. The fourth-order valence-electron chi connectivity index (χ4n) is 3.82. The quantitative estimate of drug-likeness (QED) is 0.816. The zero-order chi connectivity index (χ0) is 18.8. The maximum absolute atomic E-state index is 14.5. The molecule has 0 saturated carbocycles. The molecule has 27 heavy (non-hydrogen) atoms. The van der Waals surface area contributed by atoms with Crippen molar-refractivity contribution in [3.8, 4) is 0 Å². The second-order valence-electron chi connectivity index (χ2n) is 7.11. The van der Waals surface area contributed by atoms with Crippen molar-refractivity contribution in [3.63, 3.8) is 0 Å². The summed E-state index contributed by atoms with van der Waals surface area (Å²) < 4.78 is 14.5. The van der Waals surface area contributed by atoms with E-state index in [1.807, 2.05) is 18.7 Å². The van der Waals surface area contributed by atoms with Gasteiger partial charge < -0.3 is 14.7 Å². The molecule has 2 saturated heterocycles. The SMILES string of the molecule is CCc1ncnc(N2CCN(c3cc(N4CCCC4)nc(C)n3)CC2)c1F. The molecule has 2 aromatic rings. The number of anilines is 3. The lowest BCUT2D eigenvalue weighted by Crippen LogP contribution is -2.47. The molecule has 0 aliphatic carbocycles. The lowest BCUT2D eigenvalue weighted by Gasteiger charge is -2.36. The van der Waals surface area contributed by atoms with Crippen LogP contribution in [0.15, 0.2) is 12.4 Å². The maximum atomic E-state index is 14.5. The molecule has 2 fully saturated rings. The van der Waals surface area contributed by atoms with Crippen molar-refractivity contribution in [1.29, 1.82) is 0 Å². The lowest BCUT2D eigenvalue weighted by molar-refractivity contribution is 0.567. The highest BCUT2D eigenvalue weighted by Crippen LogP contribution is 2.25. The van der Waals surface area contributed by atoms with Crippen molar-refractivity contribution >= 4 is 17.5 Å². The zero-order valence-corrected chi connectivity index (χ0v) is 16.0. The molecule has 2 aliphatic heterocycles. The first kappa shape index (κ1) is 17.9. The minimum absolute atomic E-state index is 0.289. The number of aryl methyl sites for hydroxylation is 2. The van der Waals surface area contributed by atoms with Gasteiger partial charge in [0.2, 0.25) is 0 Å². The largest absolute Gasteiger partial charge is 0.356 e. The Bertz CT molecular complexity index is 799. The first-order chi connectivity index (χ1) is 13.2. The highest BCUT2D eigenvalue weighted by molar-refractivity contribution is 5.53. The Balaban J connectivity index is 1.48. The fourth-order valence-corrected chi connectivity index (χ4v) is 3.82. The molecule has 0 aromatic carbocycles. The second kappa shape index (κ2) is 7.62. The van der Waals surface area contributed by atoms with Crippen LogP contribution < -0.4 is 14.7 Å². The van der Waals surface area contributed by atoms with Crippen LogP contribution in [0, 0.1) is 12.7 Å². The van der Waals surface area contributed by atoms with Gasteiger partial charge in [-0.25, -0.2) is 24.3 Å². The predicted octanol–water partition coefficient (Wildman–Crippen LogP) is 2.20. The molecule has 0 spiro atoms. The van der Waals surface area contributed by atoms with Gasteiger partial charge in [0, 0.05) is 45.3 Å². The van der Waals surface area contributed by atoms with Crippen LogP contribution in [0.4, 0.5) is 21.8 Å². The summed E-state index contributed by atoms with van der Waals surface area (Å²) in [5.74, 6) is 2.90. The number of halogens is 1. The fraction of sp³-hybridized carbons (Fsp3) is 0.579. The van der Waals surface area contributed by atoms with Gasteiger partial charge in [0.15, 0.2) is 11.6 Å². The summed E-state index contributed by atoms with van der Waals surface area (Å²) in [5.41, 5.74) is 0.476. The van der Waals surface area contributed by atoms with Crippen LogP contribution in [0.3, 0.4) is 0 Å². The van der Waals surface area contributed by atoms with E-state index in [-0.39, 0.29) is 5.82 Å². The molecule has 0 N–H and O–H groups in total. The molecule has 2 aromatic heterocycles. The number of aromatic nitrogens is 4. The van der Waals surface area contributed by atoms with E-state index < -0.39 is 0 Å². The van der Waals surface area contributed by atoms with Crippen molar-refractivity contribution < 1.29 is 4.39 Å². The van der Waals surface area contributed by atoms with Crippen LogP contribution in [-0.2, 0) is 6.42 Å². The Morgan fingerprint density at radius 3 is 2.11 bits per heavy atom. The summed E-state index contributed by atoms with van der Waals surface area (Å²) in [6, 6.07) is 2.09. The first-order valence-electron chi connectivity index (χ1n) is 9.75. The van der Waals surface area contributed by atoms with Crippen molar-refractivity contribution in [2.75, 3.05) is 54.0 Å². The highest BCUT2D eigenvalue weighted by Gasteiger charge is 2.24. The Labute approximate surface area is 159 Å². The molecule has 7 nitrogen and oxygen atoms in total. The molecule has 0 atom stereocenters. The van der Waals surface area contributed by atoms with Crippen LogP contribution in [0.25, 0.3) is 0 Å².